The number of benzene rings is 3. The second-order valence-corrected chi connectivity index (χ2v) is 8.42. The largest absolute Gasteiger partial charge is 0.388 e. The number of pyridine rings is 1. The van der Waals surface area contributed by atoms with Gasteiger partial charge in [0.15, 0.2) is 0 Å². The van der Waals surface area contributed by atoms with Gasteiger partial charge in [0, 0.05) is 24.0 Å². The summed E-state index contributed by atoms with van der Waals surface area (Å²) in [5.74, 6) is 0.198. The van der Waals surface area contributed by atoms with E-state index >= 15 is 0 Å². The van der Waals surface area contributed by atoms with Crippen LogP contribution in [0.5, 0.6) is 0 Å². The maximum atomic E-state index is 13.6. The second kappa shape index (κ2) is 8.93. The molecular formula is C28H26N2O2. The molecule has 0 spiro atoms. The van der Waals surface area contributed by atoms with Crippen LogP contribution in [-0.4, -0.2) is 34.0 Å². The molecule has 4 aromatic rings. The second-order valence-electron chi connectivity index (χ2n) is 8.42. The van der Waals surface area contributed by atoms with Crippen LogP contribution in [-0.2, 0) is 0 Å². The molecule has 3 aromatic carbocycles. The van der Waals surface area contributed by atoms with Crippen molar-refractivity contribution in [2.45, 2.75) is 18.9 Å². The van der Waals surface area contributed by atoms with Gasteiger partial charge in [0.05, 0.1) is 22.9 Å². The number of hydrogen-bond donors (Lipinski definition) is 1. The Balaban J connectivity index is 1.39. The third-order valence-corrected chi connectivity index (χ3v) is 6.43. The Labute approximate surface area is 188 Å². The minimum atomic E-state index is -0.486. The number of fused-ring (bicyclic) bond motifs is 1. The highest BCUT2D eigenvalue weighted by atomic mass is 16.3. The lowest BCUT2D eigenvalue weighted by molar-refractivity contribution is 0.0463. The lowest BCUT2D eigenvalue weighted by Gasteiger charge is -2.34. The summed E-state index contributed by atoms with van der Waals surface area (Å²) in [5.41, 5.74) is 4.27. The molecule has 1 saturated heterocycles. The molecule has 2 heterocycles. The highest BCUT2D eigenvalue weighted by molar-refractivity contribution is 6.07. The number of rotatable bonds is 4. The lowest BCUT2D eigenvalue weighted by Crippen LogP contribution is -2.39. The third kappa shape index (κ3) is 4.02. The first-order valence-corrected chi connectivity index (χ1v) is 11.2. The number of aliphatic hydroxyl groups is 1. The van der Waals surface area contributed by atoms with Crippen LogP contribution < -0.4 is 0 Å². The summed E-state index contributed by atoms with van der Waals surface area (Å²) in [6, 6.07) is 29.5. The van der Waals surface area contributed by atoms with Crippen LogP contribution in [0.1, 0.15) is 34.9 Å². The first-order valence-electron chi connectivity index (χ1n) is 11.2. The minimum Gasteiger partial charge on any atom is -0.388 e. The smallest absolute Gasteiger partial charge is 0.254 e. The van der Waals surface area contributed by atoms with Gasteiger partial charge in [-0.1, -0.05) is 78.9 Å². The average Bonchev–Trinajstić information content (AvgIpc) is 2.88. The van der Waals surface area contributed by atoms with Gasteiger partial charge in [-0.2, -0.15) is 0 Å². The van der Waals surface area contributed by atoms with Gasteiger partial charge in [0.1, 0.15) is 0 Å². The van der Waals surface area contributed by atoms with Crippen LogP contribution >= 0.6 is 0 Å². The van der Waals surface area contributed by atoms with Crippen molar-refractivity contribution in [3.05, 3.63) is 102 Å². The van der Waals surface area contributed by atoms with Crippen molar-refractivity contribution in [3.8, 4) is 11.3 Å². The van der Waals surface area contributed by atoms with E-state index in [0.717, 1.165) is 40.6 Å². The molecule has 160 valence electrons. The molecule has 5 rings (SSSR count). The number of amides is 1. The molecule has 1 amide bonds. The van der Waals surface area contributed by atoms with E-state index in [4.69, 9.17) is 4.98 Å². The molecule has 4 nitrogen and oxygen atoms in total. The Bertz CT molecular complexity index is 1220. The molecule has 1 aliphatic rings. The molecule has 1 aliphatic heterocycles. The Morgan fingerprint density at radius 3 is 2.22 bits per heavy atom. The average molecular weight is 423 g/mol. The van der Waals surface area contributed by atoms with E-state index in [2.05, 4.69) is 0 Å². The quantitative estimate of drug-likeness (QED) is 0.473. The number of carbonyl (C=O) groups excluding carboxylic acids is 1. The Kier molecular flexibility index (Phi) is 5.70. The Morgan fingerprint density at radius 2 is 1.50 bits per heavy atom. The van der Waals surface area contributed by atoms with Gasteiger partial charge in [-0.3, -0.25) is 4.79 Å². The summed E-state index contributed by atoms with van der Waals surface area (Å²) in [7, 11) is 0. The van der Waals surface area contributed by atoms with Gasteiger partial charge in [-0.25, -0.2) is 4.98 Å². The maximum absolute atomic E-state index is 13.6. The number of aliphatic hydroxyl groups excluding tert-OH is 1. The molecule has 1 unspecified atom stereocenters. The molecule has 0 saturated carbocycles. The third-order valence-electron chi connectivity index (χ3n) is 6.43. The Hall–Kier alpha value is -3.50. The summed E-state index contributed by atoms with van der Waals surface area (Å²) in [5, 5.41) is 11.7. The monoisotopic (exact) mass is 422 g/mol. The summed E-state index contributed by atoms with van der Waals surface area (Å²) < 4.78 is 0. The standard InChI is InChI=1S/C28H26N2O2/c31-27(21-11-5-2-6-12-21)22-15-17-30(18-16-22)28(32)24-19-26(20-9-3-1-4-10-20)29-25-14-8-7-13-23(24)25/h1-14,19,22,27,31H,15-18H2. The van der Waals surface area contributed by atoms with Crippen LogP contribution in [0.25, 0.3) is 22.2 Å². The number of nitrogens with zero attached hydrogens (tertiary/aromatic N) is 2. The lowest BCUT2D eigenvalue weighted by atomic mass is 9.87. The van der Waals surface area contributed by atoms with Crippen molar-refractivity contribution >= 4 is 16.8 Å². The normalized spacial score (nSPS) is 15.6. The molecule has 0 aliphatic carbocycles. The van der Waals surface area contributed by atoms with E-state index in [1.54, 1.807) is 0 Å². The highest BCUT2D eigenvalue weighted by Crippen LogP contribution is 2.32. The van der Waals surface area contributed by atoms with E-state index in [9.17, 15) is 9.90 Å². The molecular weight excluding hydrogens is 396 g/mol. The first-order chi connectivity index (χ1) is 15.7. The molecule has 0 bridgehead atoms. The van der Waals surface area contributed by atoms with Gasteiger partial charge < -0.3 is 10.0 Å². The SMILES string of the molecule is O=C(c1cc(-c2ccccc2)nc2ccccc12)N1CCC(C(O)c2ccccc2)CC1. The van der Waals surface area contributed by atoms with Crippen LogP contribution in [0.2, 0.25) is 0 Å². The van der Waals surface area contributed by atoms with Gasteiger partial charge in [0.25, 0.3) is 5.91 Å². The molecule has 4 heteroatoms. The van der Waals surface area contributed by atoms with Gasteiger partial charge in [-0.05, 0) is 36.5 Å². The van der Waals surface area contributed by atoms with Crippen molar-refractivity contribution in [1.82, 2.24) is 9.88 Å². The van der Waals surface area contributed by atoms with Crippen molar-refractivity contribution < 1.29 is 9.90 Å². The van der Waals surface area contributed by atoms with Crippen molar-refractivity contribution in [1.29, 1.82) is 0 Å². The minimum absolute atomic E-state index is 0.0356. The predicted molar refractivity (Wildman–Crippen MR) is 127 cm³/mol. The van der Waals surface area contributed by atoms with E-state index in [1.165, 1.54) is 0 Å². The maximum Gasteiger partial charge on any atom is 0.254 e. The van der Waals surface area contributed by atoms with Gasteiger partial charge in [0.2, 0.25) is 0 Å². The zero-order chi connectivity index (χ0) is 21.9. The van der Waals surface area contributed by atoms with Crippen LogP contribution in [0, 0.1) is 5.92 Å². The van der Waals surface area contributed by atoms with Gasteiger partial charge in [-0.15, -0.1) is 0 Å². The summed E-state index contributed by atoms with van der Waals surface area (Å²) >= 11 is 0. The van der Waals surface area contributed by atoms with Crippen molar-refractivity contribution in [2.24, 2.45) is 5.92 Å². The molecule has 1 atom stereocenters. The number of likely N-dealkylation sites (tertiary alicyclic amines) is 1. The van der Waals surface area contributed by atoms with Crippen LogP contribution in [0.4, 0.5) is 0 Å². The molecule has 0 radical (unpaired) electrons. The Morgan fingerprint density at radius 1 is 0.875 bits per heavy atom. The first kappa shape index (κ1) is 20.4. The van der Waals surface area contributed by atoms with Crippen molar-refractivity contribution in [2.75, 3.05) is 13.1 Å². The summed E-state index contributed by atoms with van der Waals surface area (Å²) in [4.78, 5) is 20.3. The fourth-order valence-electron chi connectivity index (χ4n) is 4.62. The summed E-state index contributed by atoms with van der Waals surface area (Å²) in [6.45, 7) is 1.29. The molecule has 32 heavy (non-hydrogen) atoms. The zero-order valence-electron chi connectivity index (χ0n) is 17.9. The zero-order valence-corrected chi connectivity index (χ0v) is 17.9. The fourth-order valence-corrected chi connectivity index (χ4v) is 4.62. The van der Waals surface area contributed by atoms with Crippen molar-refractivity contribution in [3.63, 3.8) is 0 Å². The number of para-hydroxylation sites is 1. The number of hydrogen-bond acceptors (Lipinski definition) is 3. The van der Waals surface area contributed by atoms with Crippen LogP contribution in [0.15, 0.2) is 91.0 Å². The van der Waals surface area contributed by atoms with Gasteiger partial charge >= 0.3 is 0 Å². The molecule has 1 N–H and O–H groups in total. The number of aromatic nitrogens is 1. The van der Waals surface area contributed by atoms with E-state index in [-0.39, 0.29) is 11.8 Å². The topological polar surface area (TPSA) is 53.4 Å². The fraction of sp³-hybridized carbons (Fsp3) is 0.214. The summed E-state index contributed by atoms with van der Waals surface area (Å²) in [6.07, 6.45) is 1.09. The number of piperidine rings is 1. The van der Waals surface area contributed by atoms with E-state index in [0.29, 0.717) is 18.7 Å². The predicted octanol–water partition coefficient (Wildman–Crippen LogP) is 5.49. The molecule has 1 fully saturated rings. The van der Waals surface area contributed by atoms with E-state index in [1.807, 2.05) is 95.9 Å². The molecule has 1 aromatic heterocycles. The van der Waals surface area contributed by atoms with Crippen LogP contribution in [0.3, 0.4) is 0 Å². The van der Waals surface area contributed by atoms with E-state index < -0.39 is 6.10 Å². The number of carbonyl (C=O) groups is 1. The highest BCUT2D eigenvalue weighted by Gasteiger charge is 2.29.